The first-order chi connectivity index (χ1) is 4.91. The van der Waals surface area contributed by atoms with Gasteiger partial charge in [-0.2, -0.15) is 0 Å². The molecule has 0 spiro atoms. The van der Waals surface area contributed by atoms with Gasteiger partial charge in [-0.1, -0.05) is 19.9 Å². The Kier molecular flexibility index (Phi) is 18.4. The highest BCUT2D eigenvalue weighted by Gasteiger charge is 1.55. The van der Waals surface area contributed by atoms with Crippen molar-refractivity contribution in [1.82, 2.24) is 0 Å². The summed E-state index contributed by atoms with van der Waals surface area (Å²) in [6, 6.07) is 0. The van der Waals surface area contributed by atoms with Crippen LogP contribution in [-0.4, -0.2) is 6.21 Å². The van der Waals surface area contributed by atoms with E-state index in [4.69, 9.17) is 5.73 Å². The molecule has 0 aliphatic rings. The Morgan fingerprint density at radius 3 is 2.30 bits per heavy atom. The number of hydrogen-bond donors (Lipinski definition) is 1. The van der Waals surface area contributed by atoms with Gasteiger partial charge in [0.2, 0.25) is 0 Å². The average Bonchev–Trinajstić information content (AvgIpc) is 2.02. The maximum Gasteiger partial charge on any atom is 0.0422 e. The van der Waals surface area contributed by atoms with Crippen molar-refractivity contribution in [3.63, 3.8) is 0 Å². The highest BCUT2D eigenvalue weighted by molar-refractivity contribution is 5.71. The molecule has 2 N–H and O–H groups in total. The van der Waals surface area contributed by atoms with Gasteiger partial charge in [0, 0.05) is 18.6 Å². The van der Waals surface area contributed by atoms with E-state index in [0.717, 1.165) is 0 Å². The molecule has 2 heteroatoms. The number of aliphatic imine (C=N–C) groups is 1. The van der Waals surface area contributed by atoms with Crippen LogP contribution in [0.5, 0.6) is 0 Å². The van der Waals surface area contributed by atoms with Crippen LogP contribution in [0.15, 0.2) is 29.5 Å². The first kappa shape index (κ1) is 11.7. The molecule has 10 heavy (non-hydrogen) atoms. The first-order valence-electron chi connectivity index (χ1n) is 3.43. The van der Waals surface area contributed by atoms with Crippen LogP contribution in [0, 0.1) is 0 Å². The average molecular weight is 140 g/mol. The summed E-state index contributed by atoms with van der Waals surface area (Å²) in [5, 5.41) is 0. The number of nitrogens with zero attached hydrogens (tertiary/aromatic N) is 1. The zero-order valence-corrected chi connectivity index (χ0v) is 6.91. The van der Waals surface area contributed by atoms with Crippen molar-refractivity contribution < 1.29 is 0 Å². The maximum absolute atomic E-state index is 4.99. The summed E-state index contributed by atoms with van der Waals surface area (Å²) in [7, 11) is 0. The molecule has 0 radical (unpaired) electrons. The Bertz CT molecular complexity index is 98.4. The second-order valence-corrected chi connectivity index (χ2v) is 1.17. The van der Waals surface area contributed by atoms with Gasteiger partial charge in [-0.05, 0) is 13.0 Å². The normalized spacial score (nSPS) is 10.7. The molecule has 0 bridgehead atoms. The Morgan fingerprint density at radius 2 is 1.90 bits per heavy atom. The number of allylic oxidation sites excluding steroid dienone is 2. The third kappa shape index (κ3) is 15.8. The fourth-order valence-corrected chi connectivity index (χ4v) is 0.235. The summed E-state index contributed by atoms with van der Waals surface area (Å²) >= 11 is 0. The van der Waals surface area contributed by atoms with Crippen molar-refractivity contribution >= 4 is 6.21 Å². The van der Waals surface area contributed by atoms with Gasteiger partial charge in [0.05, 0.1) is 0 Å². The van der Waals surface area contributed by atoms with Crippen LogP contribution in [-0.2, 0) is 0 Å². The minimum Gasteiger partial charge on any atom is -0.403 e. The van der Waals surface area contributed by atoms with Crippen LogP contribution in [0.25, 0.3) is 0 Å². The van der Waals surface area contributed by atoms with Gasteiger partial charge in [-0.25, -0.2) is 0 Å². The van der Waals surface area contributed by atoms with E-state index in [1.54, 1.807) is 6.21 Å². The Labute approximate surface area is 63.2 Å². The summed E-state index contributed by atoms with van der Waals surface area (Å²) in [6.45, 7) is 5.93. The van der Waals surface area contributed by atoms with Crippen molar-refractivity contribution in [2.45, 2.75) is 20.8 Å². The molecule has 0 aromatic carbocycles. The van der Waals surface area contributed by atoms with E-state index in [2.05, 4.69) is 4.99 Å². The fraction of sp³-hybridized carbons (Fsp3) is 0.375. The molecule has 0 rings (SSSR count). The van der Waals surface area contributed by atoms with Crippen molar-refractivity contribution in [3.05, 3.63) is 24.6 Å². The molecule has 0 fully saturated rings. The van der Waals surface area contributed by atoms with E-state index in [0.29, 0.717) is 0 Å². The SMILES string of the molecule is CC.C\C=C/C=N\C=C/N. The molecule has 0 saturated heterocycles. The molecule has 0 amide bonds. The van der Waals surface area contributed by atoms with Crippen molar-refractivity contribution in [3.8, 4) is 0 Å². The zero-order valence-electron chi connectivity index (χ0n) is 6.91. The minimum absolute atomic E-state index is 1.39. The van der Waals surface area contributed by atoms with Gasteiger partial charge in [0.15, 0.2) is 0 Å². The third-order valence-electron chi connectivity index (χ3n) is 0.537. The molecule has 0 aromatic rings. The highest BCUT2D eigenvalue weighted by Crippen LogP contribution is 1.68. The summed E-state index contributed by atoms with van der Waals surface area (Å²) in [4.78, 5) is 3.76. The van der Waals surface area contributed by atoms with Crippen molar-refractivity contribution in [1.29, 1.82) is 0 Å². The van der Waals surface area contributed by atoms with Gasteiger partial charge in [-0.15, -0.1) is 0 Å². The zero-order chi connectivity index (χ0) is 8.24. The Hall–Kier alpha value is -1.05. The number of rotatable bonds is 2. The smallest absolute Gasteiger partial charge is 0.0422 e. The van der Waals surface area contributed by atoms with Crippen LogP contribution in [0.3, 0.4) is 0 Å². The van der Waals surface area contributed by atoms with E-state index in [-0.39, 0.29) is 0 Å². The second-order valence-electron chi connectivity index (χ2n) is 1.17. The molecule has 58 valence electrons. The van der Waals surface area contributed by atoms with Crippen LogP contribution in [0.4, 0.5) is 0 Å². The van der Waals surface area contributed by atoms with Crippen LogP contribution < -0.4 is 5.73 Å². The van der Waals surface area contributed by atoms with E-state index in [1.165, 1.54) is 12.4 Å². The Morgan fingerprint density at radius 1 is 1.30 bits per heavy atom. The molecule has 0 aromatic heterocycles. The molecule has 0 atom stereocenters. The van der Waals surface area contributed by atoms with Gasteiger partial charge >= 0.3 is 0 Å². The van der Waals surface area contributed by atoms with Crippen LogP contribution in [0.2, 0.25) is 0 Å². The molecular formula is C8H16N2. The van der Waals surface area contributed by atoms with E-state index in [1.807, 2.05) is 32.9 Å². The van der Waals surface area contributed by atoms with Crippen LogP contribution in [0.1, 0.15) is 20.8 Å². The molecule has 0 saturated carbocycles. The molecule has 0 unspecified atom stereocenters. The monoisotopic (exact) mass is 140 g/mol. The number of hydrogen-bond acceptors (Lipinski definition) is 2. The predicted octanol–water partition coefficient (Wildman–Crippen LogP) is 2.09. The maximum atomic E-state index is 4.99. The summed E-state index contributed by atoms with van der Waals surface area (Å²) < 4.78 is 0. The number of nitrogens with two attached hydrogens (primary N) is 1. The standard InChI is InChI=1S/C6H10N2.C2H6/c1-2-3-5-8-6-4-7;1-2/h2-6H,7H2,1H3;1-2H3/b3-2-,6-4-,8-5-;. The largest absolute Gasteiger partial charge is 0.403 e. The van der Waals surface area contributed by atoms with Crippen molar-refractivity contribution in [2.75, 3.05) is 0 Å². The van der Waals surface area contributed by atoms with E-state index < -0.39 is 0 Å². The lowest BCUT2D eigenvalue weighted by atomic mass is 10.6. The van der Waals surface area contributed by atoms with E-state index >= 15 is 0 Å². The topological polar surface area (TPSA) is 38.4 Å². The highest BCUT2D eigenvalue weighted by atomic mass is 14.7. The summed E-state index contributed by atoms with van der Waals surface area (Å²) in [6.07, 6.45) is 8.32. The first-order valence-corrected chi connectivity index (χ1v) is 3.43. The molecule has 0 aliphatic heterocycles. The molecule has 0 heterocycles. The van der Waals surface area contributed by atoms with Gasteiger partial charge < -0.3 is 5.73 Å². The van der Waals surface area contributed by atoms with Gasteiger partial charge in [0.1, 0.15) is 0 Å². The van der Waals surface area contributed by atoms with Gasteiger partial charge in [-0.3, -0.25) is 4.99 Å². The summed E-state index contributed by atoms with van der Waals surface area (Å²) in [5.41, 5.74) is 4.99. The lowest BCUT2D eigenvalue weighted by molar-refractivity contribution is 1.50. The lowest BCUT2D eigenvalue weighted by Crippen LogP contribution is -1.72. The Balaban J connectivity index is 0. The molecular weight excluding hydrogens is 124 g/mol. The lowest BCUT2D eigenvalue weighted by Gasteiger charge is -1.69. The second kappa shape index (κ2) is 15.7. The summed E-state index contributed by atoms with van der Waals surface area (Å²) in [5.74, 6) is 0. The quantitative estimate of drug-likeness (QED) is 0.586. The van der Waals surface area contributed by atoms with Gasteiger partial charge in [0.25, 0.3) is 0 Å². The van der Waals surface area contributed by atoms with E-state index in [9.17, 15) is 0 Å². The predicted molar refractivity (Wildman–Crippen MR) is 48.0 cm³/mol. The molecule has 2 nitrogen and oxygen atoms in total. The fourth-order valence-electron chi connectivity index (χ4n) is 0.235. The minimum atomic E-state index is 1.39. The van der Waals surface area contributed by atoms with Crippen molar-refractivity contribution in [2.24, 2.45) is 10.7 Å². The van der Waals surface area contributed by atoms with Crippen LogP contribution >= 0.6 is 0 Å². The molecule has 0 aliphatic carbocycles. The third-order valence-corrected chi connectivity index (χ3v) is 0.537.